The van der Waals surface area contributed by atoms with Crippen molar-refractivity contribution in [1.29, 1.82) is 0 Å². The topological polar surface area (TPSA) is 40.5 Å². The van der Waals surface area contributed by atoms with E-state index in [9.17, 15) is 10.0 Å². The van der Waals surface area contributed by atoms with Gasteiger partial charge in [-0.2, -0.15) is 0 Å². The minimum Gasteiger partial charge on any atom is -0.423 e. The van der Waals surface area contributed by atoms with Gasteiger partial charge >= 0.3 is 7.12 Å². The summed E-state index contributed by atoms with van der Waals surface area (Å²) >= 11 is 0. The van der Waals surface area contributed by atoms with Gasteiger partial charge in [0.15, 0.2) is 0 Å². The van der Waals surface area contributed by atoms with Gasteiger partial charge in [-0.25, -0.2) is 0 Å². The van der Waals surface area contributed by atoms with Gasteiger partial charge in [-0.3, -0.25) is 0 Å². The Labute approximate surface area is 112 Å². The van der Waals surface area contributed by atoms with E-state index in [0.29, 0.717) is 5.46 Å². The summed E-state index contributed by atoms with van der Waals surface area (Å²) in [5.74, 6) is 0. The van der Waals surface area contributed by atoms with E-state index >= 15 is 0 Å². The van der Waals surface area contributed by atoms with Crippen molar-refractivity contribution in [3.05, 3.63) is 45.9 Å². The lowest BCUT2D eigenvalue weighted by atomic mass is 9.77. The predicted molar refractivity (Wildman–Crippen MR) is 77.9 cm³/mol. The first kappa shape index (κ1) is 11.3. The van der Waals surface area contributed by atoms with Crippen LogP contribution >= 0.6 is 0 Å². The molecule has 0 unspecified atom stereocenters. The van der Waals surface area contributed by atoms with Crippen LogP contribution in [0.5, 0.6) is 0 Å². The van der Waals surface area contributed by atoms with E-state index in [2.05, 4.69) is 18.2 Å². The Bertz CT molecular complexity index is 754. The normalized spacial score (nSPS) is 19.2. The predicted octanol–water partition coefficient (Wildman–Crippen LogP) is 0.209. The summed E-state index contributed by atoms with van der Waals surface area (Å²) in [6.07, 6.45) is 11.1. The lowest BCUT2D eigenvalue weighted by Crippen LogP contribution is -2.50. The van der Waals surface area contributed by atoms with Gasteiger partial charge in [0.1, 0.15) is 0 Å². The lowest BCUT2D eigenvalue weighted by molar-refractivity contribution is 0.425. The third-order valence-corrected chi connectivity index (χ3v) is 4.37. The minimum absolute atomic E-state index is 0.635. The molecule has 2 nitrogen and oxygen atoms in total. The molecule has 0 fully saturated rings. The monoisotopic (exact) mass is 250 g/mol. The highest BCUT2D eigenvalue weighted by Gasteiger charge is 2.27. The highest BCUT2D eigenvalue weighted by molar-refractivity contribution is 6.58. The summed E-state index contributed by atoms with van der Waals surface area (Å²) in [5.41, 5.74) is 6.06. The molecule has 0 bridgehead atoms. The van der Waals surface area contributed by atoms with Gasteiger partial charge in [-0.1, -0.05) is 30.4 Å². The van der Waals surface area contributed by atoms with E-state index in [-0.39, 0.29) is 0 Å². The summed E-state index contributed by atoms with van der Waals surface area (Å²) in [6, 6.07) is 3.90. The van der Waals surface area contributed by atoms with E-state index in [4.69, 9.17) is 0 Å². The molecular weight excluding hydrogens is 235 g/mol. The molecule has 1 aromatic carbocycles. The molecular formula is C16H15BO2. The molecule has 0 aliphatic heterocycles. The molecule has 0 atom stereocenters. The second kappa shape index (κ2) is 3.96. The van der Waals surface area contributed by atoms with Gasteiger partial charge in [0.25, 0.3) is 0 Å². The van der Waals surface area contributed by atoms with Crippen molar-refractivity contribution in [3.63, 3.8) is 0 Å². The molecule has 0 saturated carbocycles. The highest BCUT2D eigenvalue weighted by atomic mass is 16.4. The summed E-state index contributed by atoms with van der Waals surface area (Å²) in [5, 5.41) is 21.3. The number of hydrogen-bond acceptors (Lipinski definition) is 2. The maximum atomic E-state index is 9.53. The van der Waals surface area contributed by atoms with E-state index in [1.807, 2.05) is 12.1 Å². The zero-order valence-electron chi connectivity index (χ0n) is 10.7. The van der Waals surface area contributed by atoms with E-state index < -0.39 is 7.12 Å². The van der Waals surface area contributed by atoms with Crippen LogP contribution < -0.4 is 15.9 Å². The summed E-state index contributed by atoms with van der Waals surface area (Å²) in [4.78, 5) is 0. The second-order valence-electron chi connectivity index (χ2n) is 5.40. The lowest BCUT2D eigenvalue weighted by Gasteiger charge is -2.12. The van der Waals surface area contributed by atoms with Gasteiger partial charge in [0.2, 0.25) is 0 Å². The van der Waals surface area contributed by atoms with Crippen molar-refractivity contribution < 1.29 is 10.0 Å². The molecule has 2 N–H and O–H groups in total. The Hall–Kier alpha value is -1.58. The fraction of sp³-hybridized carbons (Fsp3) is 0.250. The van der Waals surface area contributed by atoms with Crippen LogP contribution in [0.15, 0.2) is 29.9 Å². The van der Waals surface area contributed by atoms with Crippen LogP contribution in [0.2, 0.25) is 0 Å². The quantitative estimate of drug-likeness (QED) is 0.699. The van der Waals surface area contributed by atoms with Crippen molar-refractivity contribution in [1.82, 2.24) is 0 Å². The average molecular weight is 250 g/mol. The van der Waals surface area contributed by atoms with Gasteiger partial charge in [-0.15, -0.1) is 0 Å². The first-order valence-corrected chi connectivity index (χ1v) is 6.91. The maximum absolute atomic E-state index is 9.53. The largest absolute Gasteiger partial charge is 0.489 e. The molecule has 3 heteroatoms. The maximum Gasteiger partial charge on any atom is 0.489 e. The Morgan fingerprint density at radius 3 is 2.47 bits per heavy atom. The smallest absolute Gasteiger partial charge is 0.423 e. The molecule has 0 amide bonds. The molecule has 4 rings (SSSR count). The average Bonchev–Trinajstić information content (AvgIpc) is 2.76. The molecule has 3 aliphatic rings. The fourth-order valence-electron chi connectivity index (χ4n) is 3.60. The summed E-state index contributed by atoms with van der Waals surface area (Å²) < 4.78 is 0. The molecule has 0 saturated heterocycles. The van der Waals surface area contributed by atoms with Crippen LogP contribution in [-0.2, 0) is 0 Å². The third-order valence-electron chi connectivity index (χ3n) is 4.37. The van der Waals surface area contributed by atoms with Crippen molar-refractivity contribution in [2.24, 2.45) is 0 Å². The Morgan fingerprint density at radius 1 is 0.895 bits per heavy atom. The zero-order valence-corrected chi connectivity index (χ0v) is 10.7. The van der Waals surface area contributed by atoms with Crippen LogP contribution in [0.3, 0.4) is 0 Å². The molecule has 0 heterocycles. The number of benzene rings is 1. The first-order valence-electron chi connectivity index (χ1n) is 6.91. The summed E-state index contributed by atoms with van der Waals surface area (Å²) in [6.45, 7) is 0. The highest BCUT2D eigenvalue weighted by Crippen LogP contribution is 2.38. The van der Waals surface area contributed by atoms with Crippen molar-refractivity contribution in [3.8, 4) is 0 Å². The third kappa shape index (κ3) is 1.46. The van der Waals surface area contributed by atoms with E-state index in [1.54, 1.807) is 0 Å². The van der Waals surface area contributed by atoms with Gasteiger partial charge in [0, 0.05) is 0 Å². The molecule has 0 radical (unpaired) electrons. The second-order valence-corrected chi connectivity index (χ2v) is 5.40. The minimum atomic E-state index is -1.39. The van der Waals surface area contributed by atoms with Crippen molar-refractivity contribution in [2.45, 2.75) is 25.7 Å². The van der Waals surface area contributed by atoms with Crippen LogP contribution in [0.25, 0.3) is 17.2 Å². The number of allylic oxidation sites excluding steroid dienone is 4. The zero-order chi connectivity index (χ0) is 13.0. The van der Waals surface area contributed by atoms with E-state index in [1.165, 1.54) is 27.5 Å². The van der Waals surface area contributed by atoms with Crippen LogP contribution in [0.1, 0.15) is 31.2 Å². The fourth-order valence-corrected chi connectivity index (χ4v) is 3.60. The first-order chi connectivity index (χ1) is 9.27. The molecule has 0 spiro atoms. The van der Waals surface area contributed by atoms with Crippen LogP contribution in [0, 0.1) is 0 Å². The number of hydrogen-bond donors (Lipinski definition) is 2. The Kier molecular flexibility index (Phi) is 2.35. The Balaban J connectivity index is 2.15. The standard InChI is InChI=1S/C16H15BO2/c18-17(19)15-9-8-13-11-5-2-1-4-10(11)12-6-3-7-14(15)16(12)13/h4-5,7-9,18-19H,1-3,6H2. The van der Waals surface area contributed by atoms with Crippen LogP contribution in [-0.4, -0.2) is 17.2 Å². The van der Waals surface area contributed by atoms with Crippen molar-refractivity contribution >= 4 is 29.8 Å². The van der Waals surface area contributed by atoms with E-state index in [0.717, 1.165) is 30.9 Å². The number of fused-ring (bicyclic) bond motifs is 3. The Morgan fingerprint density at radius 2 is 1.68 bits per heavy atom. The summed E-state index contributed by atoms with van der Waals surface area (Å²) in [7, 11) is -1.39. The molecule has 94 valence electrons. The van der Waals surface area contributed by atoms with Gasteiger partial charge in [-0.05, 0) is 63.9 Å². The molecule has 0 aromatic heterocycles. The number of rotatable bonds is 1. The van der Waals surface area contributed by atoms with Crippen LogP contribution in [0.4, 0.5) is 0 Å². The van der Waals surface area contributed by atoms with Crippen molar-refractivity contribution in [2.75, 3.05) is 0 Å². The molecule has 19 heavy (non-hydrogen) atoms. The molecule has 1 aromatic rings. The SMILES string of the molecule is OB(O)c1ccc2c3c1=CCCC=3C1=CCCC=C12. The molecule has 3 aliphatic carbocycles. The van der Waals surface area contributed by atoms with Gasteiger partial charge in [0.05, 0.1) is 0 Å². The van der Waals surface area contributed by atoms with Gasteiger partial charge < -0.3 is 10.0 Å².